The molecule has 0 aliphatic heterocycles. The minimum Gasteiger partial charge on any atom is -0.347 e. The first-order chi connectivity index (χ1) is 14.8. The van der Waals surface area contributed by atoms with Gasteiger partial charge in [0.15, 0.2) is 0 Å². The maximum atomic E-state index is 12.3. The summed E-state index contributed by atoms with van der Waals surface area (Å²) in [5.41, 5.74) is 4.50. The summed E-state index contributed by atoms with van der Waals surface area (Å²) in [5.74, 6) is -0.186. The molecule has 6 nitrogen and oxygen atoms in total. The van der Waals surface area contributed by atoms with Crippen molar-refractivity contribution in [2.75, 3.05) is 0 Å². The van der Waals surface area contributed by atoms with E-state index in [-0.39, 0.29) is 5.91 Å². The van der Waals surface area contributed by atoms with Crippen molar-refractivity contribution in [2.45, 2.75) is 13.1 Å². The van der Waals surface area contributed by atoms with Gasteiger partial charge < -0.3 is 5.32 Å². The van der Waals surface area contributed by atoms with Crippen LogP contribution in [0.15, 0.2) is 91.5 Å². The molecule has 3 aromatic heterocycles. The number of carbonyl (C=O) groups excluding carboxylic acids is 1. The number of carbonyl (C=O) groups is 1. The van der Waals surface area contributed by atoms with E-state index in [2.05, 4.69) is 27.4 Å². The van der Waals surface area contributed by atoms with Crippen LogP contribution in [0.5, 0.6) is 0 Å². The molecule has 0 saturated heterocycles. The highest BCUT2D eigenvalue weighted by Gasteiger charge is 2.10. The lowest BCUT2D eigenvalue weighted by molar-refractivity contribution is -0.116. The van der Waals surface area contributed by atoms with Crippen LogP contribution >= 0.6 is 0 Å². The first-order valence-electron chi connectivity index (χ1n) is 9.65. The Kier molecular flexibility index (Phi) is 6.05. The van der Waals surface area contributed by atoms with Crippen LogP contribution in [0, 0.1) is 0 Å². The summed E-state index contributed by atoms with van der Waals surface area (Å²) in [6, 6.07) is 19.6. The second kappa shape index (κ2) is 9.43. The molecule has 0 bridgehead atoms. The van der Waals surface area contributed by atoms with Gasteiger partial charge in [0.2, 0.25) is 5.91 Å². The predicted molar refractivity (Wildman–Crippen MR) is 116 cm³/mol. The minimum atomic E-state index is -0.186. The summed E-state index contributed by atoms with van der Waals surface area (Å²) in [4.78, 5) is 20.7. The van der Waals surface area contributed by atoms with Crippen LogP contribution in [0.3, 0.4) is 0 Å². The van der Waals surface area contributed by atoms with Crippen LogP contribution in [0.2, 0.25) is 0 Å². The third-order valence-corrected chi connectivity index (χ3v) is 4.50. The van der Waals surface area contributed by atoms with Crippen molar-refractivity contribution in [1.82, 2.24) is 25.1 Å². The average molecular weight is 395 g/mol. The van der Waals surface area contributed by atoms with Gasteiger partial charge >= 0.3 is 0 Å². The monoisotopic (exact) mass is 395 g/mol. The molecule has 0 spiro atoms. The fraction of sp³-hybridized carbons (Fsp3) is 0.0833. The molecule has 3 heterocycles. The molecule has 1 N–H and O–H groups in total. The van der Waals surface area contributed by atoms with Gasteiger partial charge in [0.25, 0.3) is 0 Å². The lowest BCUT2D eigenvalue weighted by Crippen LogP contribution is -2.20. The van der Waals surface area contributed by atoms with Gasteiger partial charge in [-0.2, -0.15) is 5.10 Å². The van der Waals surface area contributed by atoms with E-state index in [4.69, 9.17) is 5.10 Å². The molecule has 30 heavy (non-hydrogen) atoms. The van der Waals surface area contributed by atoms with Crippen molar-refractivity contribution in [3.8, 4) is 11.3 Å². The molecule has 1 aromatic carbocycles. The summed E-state index contributed by atoms with van der Waals surface area (Å²) in [6.45, 7) is 1.03. The maximum absolute atomic E-state index is 12.3. The number of aromatic nitrogens is 4. The Bertz CT molecular complexity index is 1120. The summed E-state index contributed by atoms with van der Waals surface area (Å²) in [5, 5.41) is 7.58. The molecule has 6 heteroatoms. The van der Waals surface area contributed by atoms with E-state index in [9.17, 15) is 4.79 Å². The number of hydrogen-bond acceptors (Lipinski definition) is 4. The zero-order valence-corrected chi connectivity index (χ0v) is 16.3. The molecule has 1 amide bonds. The van der Waals surface area contributed by atoms with Crippen LogP contribution in [-0.2, 0) is 17.9 Å². The highest BCUT2D eigenvalue weighted by molar-refractivity contribution is 5.92. The van der Waals surface area contributed by atoms with Gasteiger partial charge in [-0.1, -0.05) is 36.4 Å². The van der Waals surface area contributed by atoms with E-state index in [1.807, 2.05) is 59.4 Å². The van der Waals surface area contributed by atoms with Gasteiger partial charge in [0.1, 0.15) is 5.69 Å². The van der Waals surface area contributed by atoms with Crippen LogP contribution in [0.25, 0.3) is 17.3 Å². The summed E-state index contributed by atoms with van der Waals surface area (Å²) >= 11 is 0. The van der Waals surface area contributed by atoms with Crippen molar-refractivity contribution in [3.05, 3.63) is 108 Å². The summed E-state index contributed by atoms with van der Waals surface area (Å²) < 4.78 is 1.88. The molecular formula is C24H21N5O. The van der Waals surface area contributed by atoms with E-state index in [1.165, 1.54) is 6.08 Å². The molecule has 0 aliphatic carbocycles. The molecule has 0 unspecified atom stereocenters. The zero-order chi connectivity index (χ0) is 20.6. The van der Waals surface area contributed by atoms with Gasteiger partial charge in [-0.15, -0.1) is 0 Å². The Balaban J connectivity index is 1.53. The van der Waals surface area contributed by atoms with Gasteiger partial charge in [-0.05, 0) is 35.9 Å². The first kappa shape index (κ1) is 19.3. The Morgan fingerprint density at radius 1 is 1.00 bits per heavy atom. The van der Waals surface area contributed by atoms with E-state index >= 15 is 0 Å². The van der Waals surface area contributed by atoms with Gasteiger partial charge in [-0.25, -0.2) is 0 Å². The third kappa shape index (κ3) is 5.05. The summed E-state index contributed by atoms with van der Waals surface area (Å²) in [6.07, 6.45) is 10.5. The molecule has 0 fully saturated rings. The highest BCUT2D eigenvalue weighted by atomic mass is 16.1. The molecule has 4 rings (SSSR count). The quantitative estimate of drug-likeness (QED) is 0.484. The summed E-state index contributed by atoms with van der Waals surface area (Å²) in [7, 11) is 0. The standard InChI is InChI=1S/C24H21N5O/c30-23(27-16-22-10-4-5-14-26-22)12-11-21-18-29(17-19-7-2-1-3-8-19)28-24(21)20-9-6-13-25-15-20/h1-15,18H,16-17H2,(H,27,30)/b12-11+. The van der Waals surface area contributed by atoms with Crippen LogP contribution in [0.1, 0.15) is 16.8 Å². The molecule has 4 aromatic rings. The van der Waals surface area contributed by atoms with Crippen molar-refractivity contribution in [2.24, 2.45) is 0 Å². The second-order valence-corrected chi connectivity index (χ2v) is 6.73. The number of pyridine rings is 2. The van der Waals surface area contributed by atoms with E-state index in [1.54, 1.807) is 24.7 Å². The van der Waals surface area contributed by atoms with Crippen molar-refractivity contribution >= 4 is 12.0 Å². The predicted octanol–water partition coefficient (Wildman–Crippen LogP) is 3.72. The van der Waals surface area contributed by atoms with Gasteiger partial charge in [-0.3, -0.25) is 19.4 Å². The topological polar surface area (TPSA) is 72.7 Å². The Morgan fingerprint density at radius 2 is 1.87 bits per heavy atom. The van der Waals surface area contributed by atoms with Crippen LogP contribution < -0.4 is 5.32 Å². The molecule has 0 aliphatic rings. The normalized spacial score (nSPS) is 10.9. The number of nitrogens with one attached hydrogen (secondary N) is 1. The van der Waals surface area contributed by atoms with Gasteiger partial charge in [0.05, 0.1) is 18.8 Å². The number of nitrogens with zero attached hydrogens (tertiary/aromatic N) is 4. The fourth-order valence-electron chi connectivity index (χ4n) is 3.04. The van der Waals surface area contributed by atoms with E-state index in [0.29, 0.717) is 13.1 Å². The Hall–Kier alpha value is -4.06. The van der Waals surface area contributed by atoms with E-state index < -0.39 is 0 Å². The van der Waals surface area contributed by atoms with Crippen LogP contribution in [0.4, 0.5) is 0 Å². The number of rotatable bonds is 7. The SMILES string of the molecule is O=C(/C=C/c1cn(Cc2ccccc2)nc1-c1cccnc1)NCc1ccccn1. The molecule has 148 valence electrons. The van der Waals surface area contributed by atoms with E-state index in [0.717, 1.165) is 28.1 Å². The average Bonchev–Trinajstić information content (AvgIpc) is 3.21. The van der Waals surface area contributed by atoms with Crippen LogP contribution in [-0.4, -0.2) is 25.7 Å². The molecular weight excluding hydrogens is 374 g/mol. The van der Waals surface area contributed by atoms with Crippen molar-refractivity contribution < 1.29 is 4.79 Å². The largest absolute Gasteiger partial charge is 0.347 e. The lowest BCUT2D eigenvalue weighted by Gasteiger charge is -2.01. The number of benzene rings is 1. The lowest BCUT2D eigenvalue weighted by atomic mass is 10.1. The van der Waals surface area contributed by atoms with Crippen molar-refractivity contribution in [1.29, 1.82) is 0 Å². The number of hydrogen-bond donors (Lipinski definition) is 1. The third-order valence-electron chi connectivity index (χ3n) is 4.50. The Morgan fingerprint density at radius 3 is 2.63 bits per heavy atom. The fourth-order valence-corrected chi connectivity index (χ4v) is 3.04. The molecule has 0 atom stereocenters. The maximum Gasteiger partial charge on any atom is 0.244 e. The molecule has 0 saturated carbocycles. The Labute approximate surface area is 174 Å². The highest BCUT2D eigenvalue weighted by Crippen LogP contribution is 2.23. The van der Waals surface area contributed by atoms with Crippen molar-refractivity contribution in [3.63, 3.8) is 0 Å². The zero-order valence-electron chi connectivity index (χ0n) is 16.3. The molecule has 0 radical (unpaired) electrons. The second-order valence-electron chi connectivity index (χ2n) is 6.73. The minimum absolute atomic E-state index is 0.186. The smallest absolute Gasteiger partial charge is 0.244 e. The first-order valence-corrected chi connectivity index (χ1v) is 9.65. The van der Waals surface area contributed by atoms with Gasteiger partial charge in [0, 0.05) is 42.0 Å². The number of amides is 1.